The Bertz CT molecular complexity index is 706. The van der Waals surface area contributed by atoms with E-state index in [2.05, 4.69) is 0 Å². The fourth-order valence-corrected chi connectivity index (χ4v) is 2.96. The summed E-state index contributed by atoms with van der Waals surface area (Å²) >= 11 is 6.26. The third kappa shape index (κ3) is 5.08. The maximum absolute atomic E-state index is 12.5. The van der Waals surface area contributed by atoms with Crippen molar-refractivity contribution in [3.63, 3.8) is 0 Å². The van der Waals surface area contributed by atoms with E-state index in [1.54, 1.807) is 38.1 Å². The predicted octanol–water partition coefficient (Wildman–Crippen LogP) is 3.59. The van der Waals surface area contributed by atoms with Crippen molar-refractivity contribution >= 4 is 29.3 Å². The Hall–Kier alpha value is -2.34. The van der Waals surface area contributed by atoms with Crippen LogP contribution in [0.5, 0.6) is 0 Å². The van der Waals surface area contributed by atoms with Gasteiger partial charge in [-0.2, -0.15) is 0 Å². The number of carbonyl (C=O) groups excluding carboxylic acids is 3. The molecule has 0 aliphatic heterocycles. The van der Waals surface area contributed by atoms with Gasteiger partial charge in [-0.05, 0) is 39.3 Å². The zero-order chi connectivity index (χ0) is 19.9. The van der Waals surface area contributed by atoms with Gasteiger partial charge in [0, 0.05) is 10.9 Å². The quantitative estimate of drug-likeness (QED) is 0.320. The highest BCUT2D eigenvalue weighted by Crippen LogP contribution is 2.39. The van der Waals surface area contributed by atoms with Crippen LogP contribution in [-0.4, -0.2) is 36.0 Å². The largest absolute Gasteiger partial charge is 0.512 e. The second kappa shape index (κ2) is 9.97. The zero-order valence-corrected chi connectivity index (χ0v) is 16.0. The number of aliphatic hydroxyl groups is 1. The van der Waals surface area contributed by atoms with Gasteiger partial charge in [-0.15, -0.1) is 0 Å². The minimum absolute atomic E-state index is 0.0639. The predicted molar refractivity (Wildman–Crippen MR) is 97.0 cm³/mol. The first-order valence-corrected chi connectivity index (χ1v) is 8.62. The highest BCUT2D eigenvalue weighted by molar-refractivity contribution is 6.31. The number of hydrogen-bond donors (Lipinski definition) is 1. The van der Waals surface area contributed by atoms with Crippen molar-refractivity contribution < 1.29 is 29.0 Å². The number of allylic oxidation sites excluding steroid dienone is 1. The lowest BCUT2D eigenvalue weighted by Crippen LogP contribution is -2.34. The van der Waals surface area contributed by atoms with Crippen molar-refractivity contribution in [1.82, 2.24) is 0 Å². The molecule has 1 aromatic carbocycles. The van der Waals surface area contributed by atoms with E-state index in [4.69, 9.17) is 21.1 Å². The molecule has 7 heteroatoms. The van der Waals surface area contributed by atoms with Crippen molar-refractivity contribution in [3.05, 3.63) is 46.2 Å². The van der Waals surface area contributed by atoms with E-state index in [1.165, 1.54) is 13.8 Å². The zero-order valence-electron chi connectivity index (χ0n) is 15.2. The van der Waals surface area contributed by atoms with Gasteiger partial charge in [-0.25, -0.2) is 4.79 Å². The fraction of sp³-hybridized carbons (Fsp3) is 0.421. The molecule has 2 atom stereocenters. The van der Waals surface area contributed by atoms with Crippen LogP contribution in [0.1, 0.15) is 39.2 Å². The number of halogens is 1. The molecule has 6 nitrogen and oxygen atoms in total. The highest BCUT2D eigenvalue weighted by atomic mass is 35.5. The third-order valence-corrected chi connectivity index (χ3v) is 4.09. The molecular formula is C19H23ClO6. The average molecular weight is 383 g/mol. The first-order chi connectivity index (χ1) is 12.3. The molecule has 1 aromatic rings. The van der Waals surface area contributed by atoms with Gasteiger partial charge in [-0.1, -0.05) is 29.8 Å². The molecule has 0 aromatic heterocycles. The van der Waals surface area contributed by atoms with Gasteiger partial charge >= 0.3 is 11.9 Å². The molecule has 0 saturated carbocycles. The smallest absolute Gasteiger partial charge is 0.338 e. The SMILES string of the molecule is CCOC(=O)/C(=C(\C)O)C(c1ccccc1Cl)C(C(C)=O)C(=O)OCC. The van der Waals surface area contributed by atoms with E-state index in [9.17, 15) is 19.5 Å². The van der Waals surface area contributed by atoms with E-state index >= 15 is 0 Å². The molecule has 142 valence electrons. The topological polar surface area (TPSA) is 89.9 Å². The van der Waals surface area contributed by atoms with Gasteiger partial charge in [0.05, 0.1) is 18.8 Å². The van der Waals surface area contributed by atoms with Crippen LogP contribution in [0.15, 0.2) is 35.6 Å². The minimum atomic E-state index is -1.35. The lowest BCUT2D eigenvalue weighted by Gasteiger charge is -2.27. The molecule has 0 amide bonds. The molecule has 0 spiro atoms. The Morgan fingerprint density at radius 3 is 2.12 bits per heavy atom. The monoisotopic (exact) mass is 382 g/mol. The van der Waals surface area contributed by atoms with Crippen LogP contribution in [0.3, 0.4) is 0 Å². The first-order valence-electron chi connectivity index (χ1n) is 8.24. The number of aliphatic hydroxyl groups excluding tert-OH is 1. The van der Waals surface area contributed by atoms with Gasteiger partial charge in [0.1, 0.15) is 17.5 Å². The van der Waals surface area contributed by atoms with Crippen molar-refractivity contribution in [2.24, 2.45) is 5.92 Å². The van der Waals surface area contributed by atoms with Crippen LogP contribution in [0.2, 0.25) is 5.02 Å². The fourth-order valence-electron chi connectivity index (χ4n) is 2.71. The van der Waals surface area contributed by atoms with Gasteiger partial charge in [0.25, 0.3) is 0 Å². The lowest BCUT2D eigenvalue weighted by atomic mass is 9.77. The second-order valence-electron chi connectivity index (χ2n) is 5.56. The minimum Gasteiger partial charge on any atom is -0.512 e. The molecule has 0 aliphatic carbocycles. The molecule has 0 bridgehead atoms. The second-order valence-corrected chi connectivity index (χ2v) is 5.97. The van der Waals surface area contributed by atoms with Gasteiger partial charge < -0.3 is 14.6 Å². The number of benzene rings is 1. The standard InChI is InChI=1S/C19H23ClO6/c1-5-25-18(23)15(11(3)21)17(13-9-7-8-10-14(13)20)16(12(4)22)19(24)26-6-2/h7-10,15,17,22H,5-6H2,1-4H3/b16-12+. The average Bonchev–Trinajstić information content (AvgIpc) is 2.54. The van der Waals surface area contributed by atoms with Crippen LogP contribution in [-0.2, 0) is 23.9 Å². The summed E-state index contributed by atoms with van der Waals surface area (Å²) in [6.07, 6.45) is 0. The Morgan fingerprint density at radius 2 is 1.65 bits per heavy atom. The summed E-state index contributed by atoms with van der Waals surface area (Å²) in [5.41, 5.74) is 0.145. The Morgan fingerprint density at radius 1 is 1.08 bits per heavy atom. The van der Waals surface area contributed by atoms with Crippen LogP contribution < -0.4 is 0 Å². The van der Waals surface area contributed by atoms with Gasteiger partial charge in [0.2, 0.25) is 0 Å². The van der Waals surface area contributed by atoms with Crippen molar-refractivity contribution in [3.8, 4) is 0 Å². The van der Waals surface area contributed by atoms with Crippen molar-refractivity contribution in [2.45, 2.75) is 33.6 Å². The number of Topliss-reactive ketones (excluding diaryl/α,β-unsaturated/α-hetero) is 1. The number of ketones is 1. The molecule has 26 heavy (non-hydrogen) atoms. The van der Waals surface area contributed by atoms with Crippen LogP contribution in [0.4, 0.5) is 0 Å². The molecule has 0 saturated heterocycles. The van der Waals surface area contributed by atoms with Gasteiger partial charge in [-0.3, -0.25) is 9.59 Å². The van der Waals surface area contributed by atoms with Crippen molar-refractivity contribution in [2.75, 3.05) is 13.2 Å². The number of ether oxygens (including phenoxy) is 2. The number of carbonyl (C=O) groups is 3. The van der Waals surface area contributed by atoms with E-state index in [1.807, 2.05) is 0 Å². The van der Waals surface area contributed by atoms with E-state index in [-0.39, 0.29) is 29.6 Å². The van der Waals surface area contributed by atoms with E-state index in [0.717, 1.165) is 0 Å². The number of rotatable bonds is 8. The highest BCUT2D eigenvalue weighted by Gasteiger charge is 2.41. The van der Waals surface area contributed by atoms with Crippen LogP contribution in [0, 0.1) is 5.92 Å². The summed E-state index contributed by atoms with van der Waals surface area (Å²) in [6.45, 7) is 5.86. The lowest BCUT2D eigenvalue weighted by molar-refractivity contribution is -0.151. The molecule has 1 rings (SSSR count). The number of hydrogen-bond acceptors (Lipinski definition) is 6. The molecule has 0 fully saturated rings. The van der Waals surface area contributed by atoms with Crippen LogP contribution >= 0.6 is 11.6 Å². The molecule has 0 aliphatic rings. The molecule has 1 N–H and O–H groups in total. The Kier molecular flexibility index (Phi) is 8.32. The summed E-state index contributed by atoms with van der Waals surface area (Å²) in [7, 11) is 0. The Labute approximate surface area is 157 Å². The first kappa shape index (κ1) is 21.7. The molecule has 2 unspecified atom stereocenters. The van der Waals surface area contributed by atoms with Crippen LogP contribution in [0.25, 0.3) is 0 Å². The molecule has 0 heterocycles. The normalized spacial score (nSPS) is 14.0. The Balaban J connectivity index is 3.69. The summed E-state index contributed by atoms with van der Waals surface area (Å²) in [4.78, 5) is 37.2. The summed E-state index contributed by atoms with van der Waals surface area (Å²) in [6, 6.07) is 6.49. The van der Waals surface area contributed by atoms with E-state index in [0.29, 0.717) is 5.56 Å². The number of esters is 2. The van der Waals surface area contributed by atoms with Crippen molar-refractivity contribution in [1.29, 1.82) is 0 Å². The summed E-state index contributed by atoms with van der Waals surface area (Å²) < 4.78 is 10.0. The maximum atomic E-state index is 12.5. The maximum Gasteiger partial charge on any atom is 0.338 e. The summed E-state index contributed by atoms with van der Waals surface area (Å²) in [5, 5.41) is 10.4. The summed E-state index contributed by atoms with van der Waals surface area (Å²) in [5.74, 6) is -4.98. The van der Waals surface area contributed by atoms with Gasteiger partial charge in [0.15, 0.2) is 0 Å². The van der Waals surface area contributed by atoms with E-state index < -0.39 is 29.6 Å². The molecular weight excluding hydrogens is 360 g/mol. The molecule has 0 radical (unpaired) electrons. The third-order valence-electron chi connectivity index (χ3n) is 3.75.